The highest BCUT2D eigenvalue weighted by atomic mass is 32.2. The summed E-state index contributed by atoms with van der Waals surface area (Å²) < 4.78 is 28.0. The first-order valence-electron chi connectivity index (χ1n) is 6.52. The number of aliphatic hydroxyl groups is 1. The first-order chi connectivity index (χ1) is 8.97. The zero-order valence-corrected chi connectivity index (χ0v) is 11.9. The molecule has 0 aromatic heterocycles. The van der Waals surface area contributed by atoms with Crippen molar-refractivity contribution in [2.24, 2.45) is 5.92 Å². The maximum Gasteiger partial charge on any atom is 0.175 e. The lowest BCUT2D eigenvalue weighted by Crippen LogP contribution is -2.18. The van der Waals surface area contributed by atoms with E-state index in [4.69, 9.17) is 4.74 Å². The Labute approximate surface area is 114 Å². The average molecular weight is 284 g/mol. The fourth-order valence-electron chi connectivity index (χ4n) is 2.37. The summed E-state index contributed by atoms with van der Waals surface area (Å²) in [6, 6.07) is 6.50. The molecule has 1 unspecified atom stereocenters. The fourth-order valence-corrected chi connectivity index (χ4v) is 3.00. The van der Waals surface area contributed by atoms with Crippen molar-refractivity contribution in [3.05, 3.63) is 29.8 Å². The number of rotatable bonds is 4. The molecule has 1 aliphatic rings. The van der Waals surface area contributed by atoms with Crippen molar-refractivity contribution in [1.29, 1.82) is 0 Å². The lowest BCUT2D eigenvalue weighted by molar-refractivity contribution is 0.0435. The number of hydrogen-bond donors (Lipinski definition) is 1. The Kier molecular flexibility index (Phi) is 4.60. The number of hydrogen-bond acceptors (Lipinski definition) is 4. The Bertz CT molecular complexity index is 501. The smallest absolute Gasteiger partial charge is 0.175 e. The van der Waals surface area contributed by atoms with E-state index in [-0.39, 0.29) is 4.90 Å². The lowest BCUT2D eigenvalue weighted by atomic mass is 9.91. The summed E-state index contributed by atoms with van der Waals surface area (Å²) in [5.41, 5.74) is 0.777. The molecular weight excluding hydrogens is 264 g/mol. The molecule has 106 valence electrons. The third kappa shape index (κ3) is 4.03. The van der Waals surface area contributed by atoms with E-state index in [1.54, 1.807) is 24.3 Å². The van der Waals surface area contributed by atoms with Crippen LogP contribution in [0.4, 0.5) is 0 Å². The Morgan fingerprint density at radius 1 is 1.26 bits per heavy atom. The molecule has 0 aliphatic carbocycles. The summed E-state index contributed by atoms with van der Waals surface area (Å²) in [5.74, 6) is 0.485. The molecule has 1 fully saturated rings. The van der Waals surface area contributed by atoms with Gasteiger partial charge in [0.05, 0.1) is 11.0 Å². The van der Waals surface area contributed by atoms with E-state index in [9.17, 15) is 13.5 Å². The van der Waals surface area contributed by atoms with Crippen LogP contribution in [0.2, 0.25) is 0 Å². The van der Waals surface area contributed by atoms with Crippen molar-refractivity contribution in [1.82, 2.24) is 0 Å². The third-order valence-electron chi connectivity index (χ3n) is 3.59. The van der Waals surface area contributed by atoms with Gasteiger partial charge in [-0.3, -0.25) is 0 Å². The normalized spacial score (nSPS) is 19.3. The molecule has 5 heteroatoms. The van der Waals surface area contributed by atoms with Gasteiger partial charge in [0.1, 0.15) is 0 Å². The van der Waals surface area contributed by atoms with Gasteiger partial charge in [-0.05, 0) is 42.9 Å². The van der Waals surface area contributed by atoms with Crippen LogP contribution in [0.5, 0.6) is 0 Å². The van der Waals surface area contributed by atoms with Crippen LogP contribution in [0.15, 0.2) is 29.2 Å². The topological polar surface area (TPSA) is 63.6 Å². The summed E-state index contributed by atoms with van der Waals surface area (Å²) in [7, 11) is -3.17. The van der Waals surface area contributed by atoms with Gasteiger partial charge in [-0.25, -0.2) is 8.42 Å². The van der Waals surface area contributed by atoms with Gasteiger partial charge in [0.2, 0.25) is 0 Å². The molecule has 0 bridgehead atoms. The molecule has 4 nitrogen and oxygen atoms in total. The van der Waals surface area contributed by atoms with Gasteiger partial charge < -0.3 is 9.84 Å². The van der Waals surface area contributed by atoms with Crippen LogP contribution < -0.4 is 0 Å². The van der Waals surface area contributed by atoms with Crippen LogP contribution in [0, 0.1) is 5.92 Å². The maximum absolute atomic E-state index is 11.4. The second-order valence-electron chi connectivity index (χ2n) is 5.15. The van der Waals surface area contributed by atoms with Crippen molar-refractivity contribution in [3.8, 4) is 0 Å². The second kappa shape index (κ2) is 6.03. The van der Waals surface area contributed by atoms with Crippen molar-refractivity contribution >= 4 is 9.84 Å². The van der Waals surface area contributed by atoms with E-state index in [0.717, 1.165) is 31.6 Å². The van der Waals surface area contributed by atoms with E-state index in [1.165, 1.54) is 6.26 Å². The van der Waals surface area contributed by atoms with Gasteiger partial charge in [0.25, 0.3) is 0 Å². The van der Waals surface area contributed by atoms with Crippen LogP contribution in [0.1, 0.15) is 30.9 Å². The van der Waals surface area contributed by atoms with Gasteiger partial charge in [-0.15, -0.1) is 0 Å². The quantitative estimate of drug-likeness (QED) is 0.917. The van der Waals surface area contributed by atoms with E-state index in [2.05, 4.69) is 0 Å². The standard InChI is InChI=1S/C14H20O4S/c1-19(16,17)13-4-2-12(3-5-13)14(15)10-11-6-8-18-9-7-11/h2-5,11,14-15H,6-10H2,1H3. The molecule has 19 heavy (non-hydrogen) atoms. The van der Waals surface area contributed by atoms with Crippen molar-refractivity contribution in [3.63, 3.8) is 0 Å². The van der Waals surface area contributed by atoms with Crippen LogP contribution >= 0.6 is 0 Å². The van der Waals surface area contributed by atoms with Gasteiger partial charge in [0, 0.05) is 19.5 Å². The lowest BCUT2D eigenvalue weighted by Gasteiger charge is -2.24. The molecule has 1 atom stereocenters. The van der Waals surface area contributed by atoms with Crippen LogP contribution in [-0.2, 0) is 14.6 Å². The molecule has 1 heterocycles. The van der Waals surface area contributed by atoms with E-state index in [1.807, 2.05) is 0 Å². The molecular formula is C14H20O4S. The van der Waals surface area contributed by atoms with Crippen LogP contribution in [0.25, 0.3) is 0 Å². The van der Waals surface area contributed by atoms with Gasteiger partial charge in [-0.2, -0.15) is 0 Å². The van der Waals surface area contributed by atoms with Crippen LogP contribution in [0.3, 0.4) is 0 Å². The number of benzene rings is 1. The van der Waals surface area contributed by atoms with Crippen molar-refractivity contribution in [2.45, 2.75) is 30.3 Å². The molecule has 0 amide bonds. The molecule has 1 N–H and O–H groups in total. The minimum atomic E-state index is -3.17. The zero-order chi connectivity index (χ0) is 13.9. The van der Waals surface area contributed by atoms with E-state index >= 15 is 0 Å². The molecule has 0 saturated carbocycles. The third-order valence-corrected chi connectivity index (χ3v) is 4.72. The second-order valence-corrected chi connectivity index (χ2v) is 7.16. The molecule has 0 spiro atoms. The van der Waals surface area contributed by atoms with Gasteiger partial charge in [-0.1, -0.05) is 12.1 Å². The van der Waals surface area contributed by atoms with Crippen molar-refractivity contribution in [2.75, 3.05) is 19.5 Å². The fraction of sp³-hybridized carbons (Fsp3) is 0.571. The maximum atomic E-state index is 11.4. The summed E-state index contributed by atoms with van der Waals surface area (Å²) >= 11 is 0. The number of ether oxygens (including phenoxy) is 1. The summed E-state index contributed by atoms with van der Waals surface area (Å²) in [4.78, 5) is 0.287. The Morgan fingerprint density at radius 3 is 2.37 bits per heavy atom. The Morgan fingerprint density at radius 2 is 1.84 bits per heavy atom. The van der Waals surface area contributed by atoms with Crippen molar-refractivity contribution < 1.29 is 18.3 Å². The highest BCUT2D eigenvalue weighted by molar-refractivity contribution is 7.90. The van der Waals surface area contributed by atoms with E-state index in [0.29, 0.717) is 12.3 Å². The van der Waals surface area contributed by atoms with Gasteiger partial charge >= 0.3 is 0 Å². The molecule has 1 aromatic rings. The minimum Gasteiger partial charge on any atom is -0.388 e. The monoisotopic (exact) mass is 284 g/mol. The largest absolute Gasteiger partial charge is 0.388 e. The molecule has 2 rings (SSSR count). The number of sulfone groups is 1. The molecule has 0 radical (unpaired) electrons. The highest BCUT2D eigenvalue weighted by Crippen LogP contribution is 2.27. The Hall–Kier alpha value is -0.910. The van der Waals surface area contributed by atoms with Crippen LogP contribution in [-0.4, -0.2) is 33.0 Å². The summed E-state index contributed by atoms with van der Waals surface area (Å²) in [5, 5.41) is 10.2. The summed E-state index contributed by atoms with van der Waals surface area (Å²) in [6.45, 7) is 1.54. The summed E-state index contributed by atoms with van der Waals surface area (Å²) in [6.07, 6.45) is 3.33. The molecule has 1 saturated heterocycles. The highest BCUT2D eigenvalue weighted by Gasteiger charge is 2.19. The minimum absolute atomic E-state index is 0.287. The first-order valence-corrected chi connectivity index (χ1v) is 8.42. The van der Waals surface area contributed by atoms with E-state index < -0.39 is 15.9 Å². The SMILES string of the molecule is CS(=O)(=O)c1ccc(C(O)CC2CCOCC2)cc1. The first kappa shape index (κ1) is 14.5. The molecule has 1 aliphatic heterocycles. The molecule has 1 aromatic carbocycles. The zero-order valence-electron chi connectivity index (χ0n) is 11.1. The predicted molar refractivity (Wildman–Crippen MR) is 72.7 cm³/mol. The average Bonchev–Trinajstić information content (AvgIpc) is 2.39. The predicted octanol–water partition coefficient (Wildman–Crippen LogP) is 1.94. The number of aliphatic hydroxyl groups excluding tert-OH is 1. The Balaban J connectivity index is 2.01. The van der Waals surface area contributed by atoms with Gasteiger partial charge in [0.15, 0.2) is 9.84 Å².